The third kappa shape index (κ3) is 3.55. The van der Waals surface area contributed by atoms with Crippen molar-refractivity contribution in [1.29, 1.82) is 0 Å². The average Bonchev–Trinajstić information content (AvgIpc) is 2.58. The molecule has 1 aromatic heterocycles. The summed E-state index contributed by atoms with van der Waals surface area (Å²) in [6.45, 7) is 3.92. The van der Waals surface area contributed by atoms with Gasteiger partial charge in [0.15, 0.2) is 11.5 Å². The number of hydrogen-bond acceptors (Lipinski definition) is 7. The van der Waals surface area contributed by atoms with Crippen LogP contribution in [-0.4, -0.2) is 42.0 Å². The number of fused-ring (bicyclic) bond motifs is 1. The summed E-state index contributed by atoms with van der Waals surface area (Å²) < 4.78 is 15.8. The number of pyridine rings is 1. The SMILES string of the molecule is CCCc1cc2nc(O)c(CC(=O)OCC)c(O)c2c(OC)c1OC. The van der Waals surface area contributed by atoms with Gasteiger partial charge in [-0.25, -0.2) is 4.98 Å². The molecule has 7 nitrogen and oxygen atoms in total. The van der Waals surface area contributed by atoms with Gasteiger partial charge in [0.1, 0.15) is 5.75 Å². The number of methoxy groups -OCH3 is 2. The maximum Gasteiger partial charge on any atom is 0.310 e. The molecule has 0 aliphatic rings. The van der Waals surface area contributed by atoms with Crippen LogP contribution in [0, 0.1) is 0 Å². The van der Waals surface area contributed by atoms with E-state index in [9.17, 15) is 15.0 Å². The molecule has 0 saturated heterocycles. The number of rotatable bonds is 7. The third-order valence-electron chi connectivity index (χ3n) is 3.86. The highest BCUT2D eigenvalue weighted by molar-refractivity contribution is 5.96. The first kappa shape index (κ1) is 18.6. The molecule has 25 heavy (non-hydrogen) atoms. The van der Waals surface area contributed by atoms with Crippen molar-refractivity contribution < 1.29 is 29.2 Å². The van der Waals surface area contributed by atoms with Crippen LogP contribution in [0.5, 0.6) is 23.1 Å². The lowest BCUT2D eigenvalue weighted by atomic mass is 10.0. The van der Waals surface area contributed by atoms with Crippen LogP contribution >= 0.6 is 0 Å². The van der Waals surface area contributed by atoms with Crippen LogP contribution in [0.15, 0.2) is 6.07 Å². The fourth-order valence-electron chi connectivity index (χ4n) is 2.83. The van der Waals surface area contributed by atoms with Crippen LogP contribution in [0.2, 0.25) is 0 Å². The molecule has 0 unspecified atom stereocenters. The normalized spacial score (nSPS) is 10.7. The van der Waals surface area contributed by atoms with Crippen molar-refractivity contribution in [1.82, 2.24) is 4.98 Å². The molecule has 0 bridgehead atoms. The van der Waals surface area contributed by atoms with E-state index in [2.05, 4.69) is 4.98 Å². The van der Waals surface area contributed by atoms with E-state index in [4.69, 9.17) is 14.2 Å². The predicted molar refractivity (Wildman–Crippen MR) is 92.5 cm³/mol. The van der Waals surface area contributed by atoms with Gasteiger partial charge in [-0.05, 0) is 19.4 Å². The van der Waals surface area contributed by atoms with Gasteiger partial charge in [-0.1, -0.05) is 13.3 Å². The van der Waals surface area contributed by atoms with Crippen LogP contribution in [-0.2, 0) is 22.4 Å². The zero-order chi connectivity index (χ0) is 18.6. The zero-order valence-electron chi connectivity index (χ0n) is 14.9. The first-order valence-corrected chi connectivity index (χ1v) is 8.12. The van der Waals surface area contributed by atoms with Gasteiger partial charge >= 0.3 is 5.97 Å². The first-order chi connectivity index (χ1) is 12.0. The molecule has 0 saturated carbocycles. The third-order valence-corrected chi connectivity index (χ3v) is 3.86. The van der Waals surface area contributed by atoms with E-state index in [1.54, 1.807) is 13.0 Å². The number of hydrogen-bond donors (Lipinski definition) is 2. The highest BCUT2D eigenvalue weighted by Crippen LogP contribution is 2.45. The van der Waals surface area contributed by atoms with Crippen molar-refractivity contribution in [2.75, 3.05) is 20.8 Å². The molecule has 0 fully saturated rings. The summed E-state index contributed by atoms with van der Waals surface area (Å²) in [6, 6.07) is 1.74. The van der Waals surface area contributed by atoms with Gasteiger partial charge in [0, 0.05) is 5.56 Å². The number of aryl methyl sites for hydroxylation is 1. The summed E-state index contributed by atoms with van der Waals surface area (Å²) in [5.74, 6) is -0.426. The second-order valence-electron chi connectivity index (χ2n) is 5.49. The summed E-state index contributed by atoms with van der Waals surface area (Å²) >= 11 is 0. The molecular weight excluding hydrogens is 326 g/mol. The summed E-state index contributed by atoms with van der Waals surface area (Å²) in [6.07, 6.45) is 1.31. The molecule has 0 aliphatic heterocycles. The Kier molecular flexibility index (Phi) is 5.90. The van der Waals surface area contributed by atoms with Crippen molar-refractivity contribution in [3.8, 4) is 23.1 Å². The van der Waals surface area contributed by atoms with E-state index in [0.717, 1.165) is 18.4 Å². The largest absolute Gasteiger partial charge is 0.507 e. The quantitative estimate of drug-likeness (QED) is 0.742. The van der Waals surface area contributed by atoms with Crippen LogP contribution < -0.4 is 9.47 Å². The van der Waals surface area contributed by atoms with Gasteiger partial charge in [0.2, 0.25) is 5.88 Å². The standard InChI is InChI=1S/C18H23NO6/c1-5-7-10-8-12-14(17(24-4)16(10)23-3)15(21)11(18(22)19-12)9-13(20)25-6-2/h8H,5-7,9H2,1-4H3,(H2,19,21,22). The van der Waals surface area contributed by atoms with Gasteiger partial charge in [-0.3, -0.25) is 4.79 Å². The molecule has 2 rings (SSSR count). The van der Waals surface area contributed by atoms with Gasteiger partial charge in [-0.2, -0.15) is 0 Å². The summed E-state index contributed by atoms with van der Waals surface area (Å²) in [4.78, 5) is 15.9. The Morgan fingerprint density at radius 2 is 1.84 bits per heavy atom. The van der Waals surface area contributed by atoms with Crippen LogP contribution in [0.3, 0.4) is 0 Å². The molecule has 1 heterocycles. The first-order valence-electron chi connectivity index (χ1n) is 8.12. The smallest absolute Gasteiger partial charge is 0.310 e. The minimum Gasteiger partial charge on any atom is -0.507 e. The molecule has 1 aromatic carbocycles. The number of carbonyl (C=O) groups excluding carboxylic acids is 1. The summed E-state index contributed by atoms with van der Waals surface area (Å²) in [7, 11) is 2.98. The lowest BCUT2D eigenvalue weighted by Gasteiger charge is -2.17. The molecule has 0 aliphatic carbocycles. The second kappa shape index (κ2) is 7.92. The average molecular weight is 349 g/mol. The lowest BCUT2D eigenvalue weighted by Crippen LogP contribution is -2.09. The van der Waals surface area contributed by atoms with E-state index in [0.29, 0.717) is 17.0 Å². The molecule has 0 spiro atoms. The van der Waals surface area contributed by atoms with Crippen molar-refractivity contribution in [3.05, 3.63) is 17.2 Å². The Morgan fingerprint density at radius 1 is 1.16 bits per heavy atom. The van der Waals surface area contributed by atoms with Crippen molar-refractivity contribution >= 4 is 16.9 Å². The zero-order valence-corrected chi connectivity index (χ0v) is 14.9. The fraction of sp³-hybridized carbons (Fsp3) is 0.444. The second-order valence-corrected chi connectivity index (χ2v) is 5.49. The van der Waals surface area contributed by atoms with Gasteiger partial charge in [0.25, 0.3) is 0 Å². The topological polar surface area (TPSA) is 98.1 Å². The molecule has 2 N–H and O–H groups in total. The summed E-state index contributed by atoms with van der Waals surface area (Å²) in [5.41, 5.74) is 1.22. The predicted octanol–water partition coefficient (Wildman–Crippen LogP) is 2.72. The van der Waals surface area contributed by atoms with Crippen molar-refractivity contribution in [2.45, 2.75) is 33.1 Å². The number of aromatic nitrogens is 1. The number of carbonyl (C=O) groups is 1. The number of esters is 1. The van der Waals surface area contributed by atoms with Gasteiger partial charge in [0.05, 0.1) is 43.7 Å². The van der Waals surface area contributed by atoms with E-state index >= 15 is 0 Å². The van der Waals surface area contributed by atoms with Crippen molar-refractivity contribution in [2.24, 2.45) is 0 Å². The van der Waals surface area contributed by atoms with E-state index < -0.39 is 11.8 Å². The Balaban J connectivity index is 2.73. The molecule has 0 radical (unpaired) electrons. The minimum absolute atomic E-state index is 0.00505. The summed E-state index contributed by atoms with van der Waals surface area (Å²) in [5, 5.41) is 21.1. The number of nitrogens with zero attached hydrogens (tertiary/aromatic N) is 1. The Morgan fingerprint density at radius 3 is 2.40 bits per heavy atom. The maximum atomic E-state index is 11.7. The molecule has 7 heteroatoms. The number of ether oxygens (including phenoxy) is 3. The van der Waals surface area contributed by atoms with Crippen LogP contribution in [0.4, 0.5) is 0 Å². The van der Waals surface area contributed by atoms with Crippen LogP contribution in [0.1, 0.15) is 31.4 Å². The Bertz CT molecular complexity index is 787. The maximum absolute atomic E-state index is 11.7. The molecular formula is C18H23NO6. The number of benzene rings is 1. The van der Waals surface area contributed by atoms with Gasteiger partial charge in [-0.15, -0.1) is 0 Å². The molecule has 136 valence electrons. The monoisotopic (exact) mass is 349 g/mol. The highest BCUT2D eigenvalue weighted by atomic mass is 16.5. The number of aromatic hydroxyl groups is 2. The molecule has 0 amide bonds. The minimum atomic E-state index is -0.567. The van der Waals surface area contributed by atoms with Gasteiger partial charge < -0.3 is 24.4 Å². The van der Waals surface area contributed by atoms with E-state index in [1.807, 2.05) is 6.92 Å². The van der Waals surface area contributed by atoms with Crippen molar-refractivity contribution in [3.63, 3.8) is 0 Å². The van der Waals surface area contributed by atoms with E-state index in [1.165, 1.54) is 14.2 Å². The van der Waals surface area contributed by atoms with E-state index in [-0.39, 0.29) is 29.7 Å². The highest BCUT2D eigenvalue weighted by Gasteiger charge is 2.24. The Hall–Kier alpha value is -2.70. The lowest BCUT2D eigenvalue weighted by molar-refractivity contribution is -0.142. The molecule has 0 atom stereocenters. The molecule has 2 aromatic rings. The Labute approximate surface area is 146 Å². The van der Waals surface area contributed by atoms with Crippen LogP contribution in [0.25, 0.3) is 10.9 Å². The fourth-order valence-corrected chi connectivity index (χ4v) is 2.83.